The summed E-state index contributed by atoms with van der Waals surface area (Å²) in [5, 5.41) is 2.81. The van der Waals surface area contributed by atoms with Crippen LogP contribution in [-0.2, 0) is 15.9 Å². The second kappa shape index (κ2) is 5.89. The molecule has 2 atom stereocenters. The van der Waals surface area contributed by atoms with E-state index >= 15 is 0 Å². The number of Topliss-reactive ketones (excluding diaryl/α,β-unsaturated/α-hetero) is 1. The molecular formula is C14H20N2O3S. The van der Waals surface area contributed by atoms with Crippen LogP contribution in [0.25, 0.3) is 0 Å². The lowest BCUT2D eigenvalue weighted by Gasteiger charge is -2.36. The molecule has 1 spiro atoms. The molecule has 2 aliphatic rings. The van der Waals surface area contributed by atoms with E-state index in [0.29, 0.717) is 25.5 Å². The van der Waals surface area contributed by atoms with Gasteiger partial charge in [0.2, 0.25) is 0 Å². The third-order valence-electron chi connectivity index (χ3n) is 4.09. The van der Waals surface area contributed by atoms with Crippen LogP contribution >= 0.6 is 11.3 Å². The van der Waals surface area contributed by atoms with Crippen molar-refractivity contribution >= 4 is 17.1 Å². The summed E-state index contributed by atoms with van der Waals surface area (Å²) < 4.78 is 11.3. The lowest BCUT2D eigenvalue weighted by Crippen LogP contribution is -2.42. The average molecular weight is 296 g/mol. The Kier molecular flexibility index (Phi) is 4.16. The minimum absolute atomic E-state index is 0.0123. The Balaban J connectivity index is 1.69. The highest BCUT2D eigenvalue weighted by Crippen LogP contribution is 2.37. The molecule has 2 fully saturated rings. The van der Waals surface area contributed by atoms with E-state index < -0.39 is 0 Å². The van der Waals surface area contributed by atoms with Crippen molar-refractivity contribution in [3.8, 4) is 0 Å². The third kappa shape index (κ3) is 2.79. The number of nitrogens with zero attached hydrogens (tertiary/aromatic N) is 1. The molecule has 2 N–H and O–H groups in total. The molecule has 2 saturated heterocycles. The summed E-state index contributed by atoms with van der Waals surface area (Å²) in [6.45, 7) is 2.56. The molecule has 110 valence electrons. The Bertz CT molecular complexity index is 483. The van der Waals surface area contributed by atoms with Crippen LogP contribution in [0.4, 0.5) is 0 Å². The van der Waals surface area contributed by atoms with Crippen molar-refractivity contribution in [1.29, 1.82) is 0 Å². The third-order valence-corrected chi connectivity index (χ3v) is 5.00. The molecule has 6 heteroatoms. The Hall–Kier alpha value is -0.820. The maximum Gasteiger partial charge on any atom is 0.185 e. The molecular weight excluding hydrogens is 276 g/mol. The van der Waals surface area contributed by atoms with Gasteiger partial charge >= 0.3 is 0 Å². The van der Waals surface area contributed by atoms with Gasteiger partial charge in [-0.25, -0.2) is 4.98 Å². The Labute approximate surface area is 122 Å². The first kappa shape index (κ1) is 14.1. The number of thiazole rings is 1. The zero-order valence-corrected chi connectivity index (χ0v) is 12.3. The van der Waals surface area contributed by atoms with Gasteiger partial charge in [-0.2, -0.15) is 0 Å². The number of carbonyl (C=O) groups excluding carboxylic acids is 1. The molecule has 0 bridgehead atoms. The van der Waals surface area contributed by atoms with Crippen molar-refractivity contribution in [2.75, 3.05) is 26.4 Å². The fourth-order valence-corrected chi connectivity index (χ4v) is 3.79. The van der Waals surface area contributed by atoms with Crippen molar-refractivity contribution in [2.45, 2.75) is 31.3 Å². The van der Waals surface area contributed by atoms with Crippen LogP contribution < -0.4 is 5.73 Å². The molecule has 0 radical (unpaired) electrons. The number of nitrogens with two attached hydrogens (primary N) is 1. The van der Waals surface area contributed by atoms with Crippen molar-refractivity contribution in [1.82, 2.24) is 4.98 Å². The van der Waals surface area contributed by atoms with E-state index in [4.69, 9.17) is 15.2 Å². The number of carbonyl (C=O) groups is 1. The van der Waals surface area contributed by atoms with E-state index in [1.54, 1.807) is 0 Å². The highest BCUT2D eigenvalue weighted by molar-refractivity contribution is 7.09. The molecule has 3 rings (SSSR count). The van der Waals surface area contributed by atoms with Gasteiger partial charge in [0.15, 0.2) is 5.78 Å². The van der Waals surface area contributed by atoms with Crippen molar-refractivity contribution in [2.24, 2.45) is 11.7 Å². The van der Waals surface area contributed by atoms with E-state index in [0.717, 1.165) is 37.3 Å². The number of aromatic nitrogens is 1. The zero-order chi connectivity index (χ0) is 14.0. The SMILES string of the molecule is NCCc1nc(C(=O)C2CCOC3(CCOC3)C2)cs1. The van der Waals surface area contributed by atoms with Crippen LogP contribution in [0.5, 0.6) is 0 Å². The molecule has 3 heterocycles. The first-order valence-corrected chi connectivity index (χ1v) is 8.01. The maximum absolute atomic E-state index is 12.6. The summed E-state index contributed by atoms with van der Waals surface area (Å²) in [4.78, 5) is 17.0. The van der Waals surface area contributed by atoms with E-state index in [2.05, 4.69) is 4.98 Å². The Morgan fingerprint density at radius 1 is 1.55 bits per heavy atom. The molecule has 0 saturated carbocycles. The standard InChI is InChI=1S/C14H20N2O3S/c15-4-1-12-16-11(8-20-12)13(17)10-2-5-19-14(7-10)3-6-18-9-14/h8,10H,1-7,9,15H2. The number of ether oxygens (including phenoxy) is 2. The number of rotatable bonds is 4. The largest absolute Gasteiger partial charge is 0.378 e. The topological polar surface area (TPSA) is 74.4 Å². The van der Waals surface area contributed by atoms with Crippen LogP contribution in [-0.4, -0.2) is 42.7 Å². The molecule has 2 unspecified atom stereocenters. The summed E-state index contributed by atoms with van der Waals surface area (Å²) in [6.07, 6.45) is 3.18. The fraction of sp³-hybridized carbons (Fsp3) is 0.714. The molecule has 0 amide bonds. The predicted octanol–water partition coefficient (Wildman–Crippen LogP) is 1.41. The monoisotopic (exact) mass is 296 g/mol. The van der Waals surface area contributed by atoms with Crippen molar-refractivity contribution in [3.05, 3.63) is 16.1 Å². The smallest absolute Gasteiger partial charge is 0.185 e. The lowest BCUT2D eigenvalue weighted by atomic mass is 9.82. The Morgan fingerprint density at radius 2 is 2.45 bits per heavy atom. The van der Waals surface area contributed by atoms with Crippen LogP contribution in [0, 0.1) is 5.92 Å². The summed E-state index contributed by atoms with van der Waals surface area (Å²) in [5.74, 6) is 0.164. The van der Waals surface area contributed by atoms with Gasteiger partial charge in [-0.3, -0.25) is 4.79 Å². The van der Waals surface area contributed by atoms with Gasteiger partial charge in [0, 0.05) is 37.4 Å². The number of hydrogen-bond acceptors (Lipinski definition) is 6. The lowest BCUT2D eigenvalue weighted by molar-refractivity contribution is -0.0921. The highest BCUT2D eigenvalue weighted by Gasteiger charge is 2.43. The molecule has 20 heavy (non-hydrogen) atoms. The summed E-state index contributed by atoms with van der Waals surface area (Å²) in [7, 11) is 0. The van der Waals surface area contributed by atoms with Gasteiger partial charge in [0.1, 0.15) is 5.69 Å². The van der Waals surface area contributed by atoms with E-state index in [1.165, 1.54) is 11.3 Å². The highest BCUT2D eigenvalue weighted by atomic mass is 32.1. The number of ketones is 1. The molecule has 1 aromatic rings. The van der Waals surface area contributed by atoms with E-state index in [1.807, 2.05) is 5.38 Å². The quantitative estimate of drug-likeness (QED) is 0.850. The van der Waals surface area contributed by atoms with Gasteiger partial charge < -0.3 is 15.2 Å². The summed E-state index contributed by atoms with van der Waals surface area (Å²) >= 11 is 1.52. The van der Waals surface area contributed by atoms with Crippen LogP contribution in [0.2, 0.25) is 0 Å². The summed E-state index contributed by atoms with van der Waals surface area (Å²) in [5.41, 5.74) is 5.89. The van der Waals surface area contributed by atoms with Gasteiger partial charge in [-0.1, -0.05) is 0 Å². The maximum atomic E-state index is 12.6. The first-order chi connectivity index (χ1) is 9.72. The van der Waals surface area contributed by atoms with E-state index in [9.17, 15) is 4.79 Å². The van der Waals surface area contributed by atoms with Crippen LogP contribution in [0.15, 0.2) is 5.38 Å². The first-order valence-electron chi connectivity index (χ1n) is 7.13. The van der Waals surface area contributed by atoms with Gasteiger partial charge in [0.25, 0.3) is 0 Å². The van der Waals surface area contributed by atoms with Crippen LogP contribution in [0.1, 0.15) is 34.8 Å². The fourth-order valence-electron chi connectivity index (χ4n) is 2.99. The van der Waals surface area contributed by atoms with Crippen molar-refractivity contribution < 1.29 is 14.3 Å². The molecule has 2 aliphatic heterocycles. The minimum atomic E-state index is -0.227. The zero-order valence-electron chi connectivity index (χ0n) is 11.5. The van der Waals surface area contributed by atoms with Gasteiger partial charge in [-0.15, -0.1) is 11.3 Å². The van der Waals surface area contributed by atoms with E-state index in [-0.39, 0.29) is 17.3 Å². The average Bonchev–Trinajstić information content (AvgIpc) is 3.09. The van der Waals surface area contributed by atoms with Crippen molar-refractivity contribution in [3.63, 3.8) is 0 Å². The number of hydrogen-bond donors (Lipinski definition) is 1. The molecule has 5 nitrogen and oxygen atoms in total. The second-order valence-corrected chi connectivity index (χ2v) is 6.50. The molecule has 0 aliphatic carbocycles. The predicted molar refractivity (Wildman–Crippen MR) is 76.0 cm³/mol. The molecule has 1 aromatic heterocycles. The summed E-state index contributed by atoms with van der Waals surface area (Å²) in [6, 6.07) is 0. The van der Waals surface area contributed by atoms with Crippen LogP contribution in [0.3, 0.4) is 0 Å². The van der Waals surface area contributed by atoms with Gasteiger partial charge in [-0.05, 0) is 19.4 Å². The second-order valence-electron chi connectivity index (χ2n) is 5.55. The normalized spacial score (nSPS) is 29.9. The molecule has 0 aromatic carbocycles. The van der Waals surface area contributed by atoms with Gasteiger partial charge in [0.05, 0.1) is 17.2 Å². The minimum Gasteiger partial charge on any atom is -0.378 e. The Morgan fingerprint density at radius 3 is 3.20 bits per heavy atom.